The van der Waals surface area contributed by atoms with Crippen LogP contribution in [0.15, 0.2) is 4.52 Å². The molecule has 106 valence electrons. The summed E-state index contributed by atoms with van der Waals surface area (Å²) in [6.07, 6.45) is 2.31. The Morgan fingerprint density at radius 3 is 2.95 bits per heavy atom. The van der Waals surface area contributed by atoms with Crippen LogP contribution in [0, 0.1) is 0 Å². The number of likely N-dealkylation sites (tertiary alicyclic amines) is 1. The molecule has 1 saturated heterocycles. The fourth-order valence-corrected chi connectivity index (χ4v) is 2.23. The van der Waals surface area contributed by atoms with Gasteiger partial charge >= 0.3 is 0 Å². The van der Waals surface area contributed by atoms with Gasteiger partial charge in [0.1, 0.15) is 0 Å². The number of hydrogen-bond donors (Lipinski definition) is 0. The molecule has 0 spiro atoms. The van der Waals surface area contributed by atoms with Crippen molar-refractivity contribution in [1.29, 1.82) is 0 Å². The number of nitrogens with zero attached hydrogens (tertiary/aromatic N) is 4. The first kappa shape index (κ1) is 14.0. The standard InChI is InChI=1S/C13H22N4O2/c1-4-5-11-14-13(19-15-11)10-8-12(18)17(9-10)7-6-16(2)3/h10H,4-9H2,1-3H3. The molecular formula is C13H22N4O2. The Bertz CT molecular complexity index is 430. The molecule has 1 fully saturated rings. The van der Waals surface area contributed by atoms with Gasteiger partial charge in [-0.2, -0.15) is 4.98 Å². The van der Waals surface area contributed by atoms with Crippen molar-refractivity contribution in [2.24, 2.45) is 0 Å². The number of amides is 1. The lowest BCUT2D eigenvalue weighted by molar-refractivity contribution is -0.127. The molecule has 2 heterocycles. The first-order valence-corrected chi connectivity index (χ1v) is 6.85. The minimum atomic E-state index is 0.0627. The average Bonchev–Trinajstić information content (AvgIpc) is 2.94. The van der Waals surface area contributed by atoms with Crippen molar-refractivity contribution in [2.45, 2.75) is 32.1 Å². The highest BCUT2D eigenvalue weighted by molar-refractivity contribution is 5.79. The fraction of sp³-hybridized carbons (Fsp3) is 0.769. The maximum Gasteiger partial charge on any atom is 0.232 e. The maximum absolute atomic E-state index is 11.9. The van der Waals surface area contributed by atoms with Gasteiger partial charge < -0.3 is 14.3 Å². The summed E-state index contributed by atoms with van der Waals surface area (Å²) in [4.78, 5) is 20.3. The summed E-state index contributed by atoms with van der Waals surface area (Å²) in [5.74, 6) is 1.61. The third kappa shape index (κ3) is 3.53. The van der Waals surface area contributed by atoms with Crippen molar-refractivity contribution in [3.05, 3.63) is 11.7 Å². The van der Waals surface area contributed by atoms with E-state index in [0.717, 1.165) is 31.8 Å². The normalized spacial score (nSPS) is 19.7. The molecule has 0 saturated carbocycles. The minimum absolute atomic E-state index is 0.0627. The van der Waals surface area contributed by atoms with Crippen molar-refractivity contribution < 1.29 is 9.32 Å². The molecule has 1 aromatic rings. The third-order valence-electron chi connectivity index (χ3n) is 3.34. The number of hydrogen-bond acceptors (Lipinski definition) is 5. The van der Waals surface area contributed by atoms with E-state index in [1.165, 1.54) is 0 Å². The van der Waals surface area contributed by atoms with Crippen LogP contribution in [0.4, 0.5) is 0 Å². The Balaban J connectivity index is 1.93. The van der Waals surface area contributed by atoms with Crippen molar-refractivity contribution >= 4 is 5.91 Å². The van der Waals surface area contributed by atoms with E-state index in [4.69, 9.17) is 4.52 Å². The first-order chi connectivity index (χ1) is 9.10. The lowest BCUT2D eigenvalue weighted by atomic mass is 10.1. The molecule has 1 aromatic heterocycles. The van der Waals surface area contributed by atoms with E-state index >= 15 is 0 Å². The number of carbonyl (C=O) groups is 1. The summed E-state index contributed by atoms with van der Waals surface area (Å²) in [5.41, 5.74) is 0. The van der Waals surface area contributed by atoms with E-state index in [-0.39, 0.29) is 11.8 Å². The van der Waals surface area contributed by atoms with Gasteiger partial charge in [0.25, 0.3) is 0 Å². The monoisotopic (exact) mass is 266 g/mol. The highest BCUT2D eigenvalue weighted by atomic mass is 16.5. The molecule has 1 amide bonds. The van der Waals surface area contributed by atoms with Gasteiger partial charge in [-0.25, -0.2) is 0 Å². The molecule has 0 aliphatic carbocycles. The topological polar surface area (TPSA) is 62.5 Å². The van der Waals surface area contributed by atoms with Gasteiger partial charge in [0.2, 0.25) is 11.8 Å². The number of aryl methyl sites for hydroxylation is 1. The summed E-state index contributed by atoms with van der Waals surface area (Å²) < 4.78 is 5.27. The van der Waals surface area contributed by atoms with E-state index in [2.05, 4.69) is 22.0 Å². The molecule has 1 unspecified atom stereocenters. The van der Waals surface area contributed by atoms with Crippen LogP contribution in [-0.4, -0.2) is 59.6 Å². The molecule has 19 heavy (non-hydrogen) atoms. The molecule has 0 aromatic carbocycles. The van der Waals surface area contributed by atoms with Crippen LogP contribution in [0.1, 0.15) is 37.4 Å². The van der Waals surface area contributed by atoms with Gasteiger partial charge in [0.15, 0.2) is 5.82 Å². The second-order valence-electron chi connectivity index (χ2n) is 5.34. The molecule has 1 aliphatic heterocycles. The lowest BCUT2D eigenvalue weighted by Gasteiger charge is -2.18. The summed E-state index contributed by atoms with van der Waals surface area (Å²) in [7, 11) is 4.01. The predicted octanol–water partition coefficient (Wildman–Crippen LogP) is 0.900. The molecule has 1 atom stereocenters. The van der Waals surface area contributed by atoms with E-state index in [1.54, 1.807) is 0 Å². The van der Waals surface area contributed by atoms with Crippen molar-refractivity contribution in [1.82, 2.24) is 19.9 Å². The van der Waals surface area contributed by atoms with Crippen LogP contribution >= 0.6 is 0 Å². The molecular weight excluding hydrogens is 244 g/mol. The Labute approximate surface area is 113 Å². The second-order valence-corrected chi connectivity index (χ2v) is 5.34. The van der Waals surface area contributed by atoms with E-state index in [1.807, 2.05) is 19.0 Å². The number of likely N-dealkylation sites (N-methyl/N-ethyl adjacent to an activating group) is 1. The number of aromatic nitrogens is 2. The van der Waals surface area contributed by atoms with Gasteiger partial charge in [-0.3, -0.25) is 4.79 Å². The SMILES string of the molecule is CCCc1noc(C2CC(=O)N(CCN(C)C)C2)n1. The quantitative estimate of drug-likeness (QED) is 0.765. The molecule has 6 nitrogen and oxygen atoms in total. The van der Waals surface area contributed by atoms with Gasteiger partial charge in [-0.05, 0) is 20.5 Å². The third-order valence-corrected chi connectivity index (χ3v) is 3.34. The molecule has 1 aliphatic rings. The van der Waals surface area contributed by atoms with Crippen LogP contribution < -0.4 is 0 Å². The number of rotatable bonds is 6. The van der Waals surface area contributed by atoms with Crippen molar-refractivity contribution in [2.75, 3.05) is 33.7 Å². The minimum Gasteiger partial charge on any atom is -0.341 e. The summed E-state index contributed by atoms with van der Waals surface area (Å²) in [6, 6.07) is 0. The largest absolute Gasteiger partial charge is 0.341 e. The molecule has 0 radical (unpaired) electrons. The molecule has 6 heteroatoms. The highest BCUT2D eigenvalue weighted by Crippen LogP contribution is 2.26. The second kappa shape index (κ2) is 6.14. The van der Waals surface area contributed by atoms with Crippen LogP contribution in [-0.2, 0) is 11.2 Å². The van der Waals surface area contributed by atoms with Gasteiger partial charge in [-0.1, -0.05) is 12.1 Å². The smallest absolute Gasteiger partial charge is 0.232 e. The number of carbonyl (C=O) groups excluding carboxylic acids is 1. The van der Waals surface area contributed by atoms with Gasteiger partial charge in [0.05, 0.1) is 5.92 Å². The molecule has 0 bridgehead atoms. The highest BCUT2D eigenvalue weighted by Gasteiger charge is 2.33. The van der Waals surface area contributed by atoms with E-state index in [9.17, 15) is 4.79 Å². The van der Waals surface area contributed by atoms with Crippen molar-refractivity contribution in [3.63, 3.8) is 0 Å². The van der Waals surface area contributed by atoms with Crippen LogP contribution in [0.5, 0.6) is 0 Å². The molecule has 0 N–H and O–H groups in total. The Hall–Kier alpha value is -1.43. The summed E-state index contributed by atoms with van der Waals surface area (Å²) >= 11 is 0. The summed E-state index contributed by atoms with van der Waals surface area (Å²) in [6.45, 7) is 4.42. The zero-order valence-electron chi connectivity index (χ0n) is 11.9. The van der Waals surface area contributed by atoms with Gasteiger partial charge in [-0.15, -0.1) is 0 Å². The Morgan fingerprint density at radius 2 is 2.26 bits per heavy atom. The zero-order valence-corrected chi connectivity index (χ0v) is 11.9. The predicted molar refractivity (Wildman–Crippen MR) is 70.8 cm³/mol. The first-order valence-electron chi connectivity index (χ1n) is 6.85. The van der Waals surface area contributed by atoms with E-state index in [0.29, 0.717) is 18.9 Å². The lowest BCUT2D eigenvalue weighted by Crippen LogP contribution is -2.32. The Morgan fingerprint density at radius 1 is 1.47 bits per heavy atom. The van der Waals surface area contributed by atoms with Gasteiger partial charge in [0, 0.05) is 32.5 Å². The van der Waals surface area contributed by atoms with Crippen LogP contribution in [0.25, 0.3) is 0 Å². The van der Waals surface area contributed by atoms with Crippen molar-refractivity contribution in [3.8, 4) is 0 Å². The molecule has 2 rings (SSSR count). The van der Waals surface area contributed by atoms with E-state index < -0.39 is 0 Å². The summed E-state index contributed by atoms with van der Waals surface area (Å²) in [5, 5.41) is 3.95. The van der Waals surface area contributed by atoms with Crippen LogP contribution in [0.2, 0.25) is 0 Å². The average molecular weight is 266 g/mol. The van der Waals surface area contributed by atoms with Crippen LogP contribution in [0.3, 0.4) is 0 Å². The fourth-order valence-electron chi connectivity index (χ4n) is 2.23. The Kier molecular flexibility index (Phi) is 4.52. The zero-order chi connectivity index (χ0) is 13.8. The maximum atomic E-state index is 11.9.